The molecular weight excluding hydrogens is 301 g/mol. The van der Waals surface area contributed by atoms with Crippen LogP contribution in [0.25, 0.3) is 0 Å². The van der Waals surface area contributed by atoms with E-state index in [4.69, 9.17) is 28.5 Å². The molecule has 0 saturated carbocycles. The van der Waals surface area contributed by atoms with Crippen molar-refractivity contribution in [2.45, 2.75) is 19.1 Å². The first kappa shape index (κ1) is 16.1. The second-order valence-corrected chi connectivity index (χ2v) is 11.0. The Morgan fingerprint density at radius 3 is 2.56 bits per heavy atom. The van der Waals surface area contributed by atoms with Crippen molar-refractivity contribution in [2.75, 3.05) is 13.7 Å². The molecule has 100 valence electrons. The number of hydrogen-bond donors (Lipinski definition) is 0. The molecule has 1 aromatic carbocycles. The van der Waals surface area contributed by atoms with Gasteiger partial charge in [-0.05, 0) is 31.2 Å². The third-order valence-electron chi connectivity index (χ3n) is 2.39. The van der Waals surface area contributed by atoms with Gasteiger partial charge in [0.1, 0.15) is 0 Å². The maximum absolute atomic E-state index is 5.79. The van der Waals surface area contributed by atoms with Crippen molar-refractivity contribution in [2.24, 2.45) is 0 Å². The van der Waals surface area contributed by atoms with Gasteiger partial charge in [0, 0.05) is 12.3 Å². The van der Waals surface area contributed by atoms with Gasteiger partial charge in [0.15, 0.2) is 0 Å². The molecule has 0 amide bonds. The van der Waals surface area contributed by atoms with E-state index in [-0.39, 0.29) is 0 Å². The van der Waals surface area contributed by atoms with E-state index in [2.05, 4.69) is 19.1 Å². The summed E-state index contributed by atoms with van der Waals surface area (Å²) in [5.74, 6) is 0. The Morgan fingerprint density at radius 2 is 2.06 bits per heavy atom. The molecule has 0 spiro atoms. The van der Waals surface area contributed by atoms with Crippen LogP contribution in [0.4, 0.5) is 0 Å². The summed E-state index contributed by atoms with van der Waals surface area (Å²) in [6, 6.07) is 10.3. The highest BCUT2D eigenvalue weighted by molar-refractivity contribution is 8.68. The van der Waals surface area contributed by atoms with Crippen LogP contribution in [0.5, 0.6) is 0 Å². The highest BCUT2D eigenvalue weighted by atomic mass is 32.9. The zero-order valence-corrected chi connectivity index (χ0v) is 14.1. The summed E-state index contributed by atoms with van der Waals surface area (Å²) < 4.78 is 7.66. The van der Waals surface area contributed by atoms with Crippen molar-refractivity contribution >= 4 is 46.5 Å². The van der Waals surface area contributed by atoms with Crippen LogP contribution in [0.3, 0.4) is 0 Å². The van der Waals surface area contributed by atoms with Crippen LogP contribution in [-0.2, 0) is 16.3 Å². The van der Waals surface area contributed by atoms with Crippen LogP contribution in [0.2, 0.25) is 0 Å². The Hall–Kier alpha value is 0.0700. The Labute approximate surface area is 124 Å². The normalized spacial score (nSPS) is 15.7. The molecule has 2 unspecified atom stereocenters. The zero-order chi connectivity index (χ0) is 13.6. The lowest BCUT2D eigenvalue weighted by Crippen LogP contribution is -2.12. The Morgan fingerprint density at radius 1 is 1.44 bits per heavy atom. The summed E-state index contributed by atoms with van der Waals surface area (Å²) in [6.07, 6.45) is 0. The monoisotopic (exact) mass is 319 g/mol. The van der Waals surface area contributed by atoms with Gasteiger partial charge in [0.25, 0.3) is 0 Å². The van der Waals surface area contributed by atoms with Gasteiger partial charge < -0.3 is 9.19 Å². The number of benzene rings is 1. The predicted molar refractivity (Wildman–Crippen MR) is 89.8 cm³/mol. The fourth-order valence-electron chi connectivity index (χ4n) is 1.40. The fourth-order valence-corrected chi connectivity index (χ4v) is 7.94. The average Bonchev–Trinajstić information content (AvgIpc) is 2.39. The summed E-state index contributed by atoms with van der Waals surface area (Å²) in [7, 11) is 1.90. The number of hydrogen-bond acceptors (Lipinski definition) is 4. The van der Waals surface area contributed by atoms with Gasteiger partial charge in [-0.25, -0.2) is 0 Å². The first-order chi connectivity index (χ1) is 8.53. The van der Waals surface area contributed by atoms with E-state index in [1.165, 1.54) is 5.56 Å². The van der Waals surface area contributed by atoms with Gasteiger partial charge in [-0.3, -0.25) is 0 Å². The summed E-state index contributed by atoms with van der Waals surface area (Å²) >= 11 is 12.3. The molecule has 0 fully saturated rings. The Bertz CT molecular complexity index is 427. The van der Waals surface area contributed by atoms with E-state index in [9.17, 15) is 0 Å². The van der Waals surface area contributed by atoms with Crippen molar-refractivity contribution in [1.82, 2.24) is 4.67 Å². The molecule has 6 heteroatoms. The minimum Gasteiger partial charge on any atom is -0.327 e. The van der Waals surface area contributed by atoms with E-state index in [0.717, 1.165) is 0 Å². The number of thiocarbonyl (C=S) groups is 1. The zero-order valence-electron chi connectivity index (χ0n) is 10.8. The van der Waals surface area contributed by atoms with Gasteiger partial charge in [-0.15, -0.1) is 0 Å². The van der Waals surface area contributed by atoms with Gasteiger partial charge in [0.2, 0.25) is 5.62 Å². The molecule has 2 nitrogen and oxygen atoms in total. The topological polar surface area (TPSA) is 12.5 Å². The first-order valence-corrected chi connectivity index (χ1v) is 10.3. The molecule has 0 radical (unpaired) electrons. The van der Waals surface area contributed by atoms with Crippen molar-refractivity contribution in [3.63, 3.8) is 0 Å². The smallest absolute Gasteiger partial charge is 0.213 e. The lowest BCUT2D eigenvalue weighted by Gasteiger charge is -2.30. The van der Waals surface area contributed by atoms with Crippen molar-refractivity contribution in [3.8, 4) is 0 Å². The van der Waals surface area contributed by atoms with Gasteiger partial charge in [-0.2, -0.15) is 0 Å². The summed E-state index contributed by atoms with van der Waals surface area (Å²) in [6.45, 7) is 4.72. The molecule has 0 N–H and O–H groups in total. The molecule has 0 aliphatic carbocycles. The molecule has 0 aliphatic rings. The third-order valence-corrected chi connectivity index (χ3v) is 9.89. The molecule has 2 atom stereocenters. The fraction of sp³-hybridized carbons (Fsp3) is 0.417. The third kappa shape index (κ3) is 4.32. The quantitative estimate of drug-likeness (QED) is 0.535. The van der Waals surface area contributed by atoms with E-state index in [0.29, 0.717) is 11.9 Å². The SMILES string of the molecule is CCOP(=S)(SC(C)c1ccccc1)N(C)C=S. The van der Waals surface area contributed by atoms with E-state index in [1.54, 1.807) is 16.9 Å². The van der Waals surface area contributed by atoms with Crippen LogP contribution in [0.15, 0.2) is 30.3 Å². The average molecular weight is 319 g/mol. The molecule has 0 saturated heterocycles. The predicted octanol–water partition coefficient (Wildman–Crippen LogP) is 4.63. The molecule has 1 rings (SSSR count). The van der Waals surface area contributed by atoms with Crippen molar-refractivity contribution in [1.29, 1.82) is 0 Å². The first-order valence-electron chi connectivity index (χ1n) is 5.70. The van der Waals surface area contributed by atoms with Gasteiger partial charge in [0.05, 0.1) is 12.1 Å². The van der Waals surface area contributed by atoms with E-state index < -0.39 is 5.62 Å². The van der Waals surface area contributed by atoms with Gasteiger partial charge >= 0.3 is 0 Å². The summed E-state index contributed by atoms with van der Waals surface area (Å²) in [5, 5.41) is 0.293. The van der Waals surface area contributed by atoms with E-state index in [1.807, 2.05) is 36.8 Å². The number of nitrogens with zero attached hydrogens (tertiary/aromatic N) is 1. The van der Waals surface area contributed by atoms with Crippen LogP contribution in [0.1, 0.15) is 24.7 Å². The van der Waals surface area contributed by atoms with Crippen molar-refractivity contribution < 1.29 is 4.52 Å². The standard InChI is InChI=1S/C12H18NOPS3/c1-4-14-15(17,13(3)10-16)18-11(2)12-8-6-5-7-9-12/h5-11H,4H2,1-3H3. The van der Waals surface area contributed by atoms with Gasteiger partial charge in [-0.1, -0.05) is 53.9 Å². The largest absolute Gasteiger partial charge is 0.327 e. The molecule has 1 aromatic rings. The summed E-state index contributed by atoms with van der Waals surface area (Å²) in [5.41, 5.74) is 0.735. The maximum atomic E-state index is 5.79. The maximum Gasteiger partial charge on any atom is 0.213 e. The van der Waals surface area contributed by atoms with Crippen LogP contribution >= 0.6 is 29.2 Å². The molecule has 0 aromatic heterocycles. The lowest BCUT2D eigenvalue weighted by molar-refractivity contribution is 0.369. The highest BCUT2D eigenvalue weighted by Crippen LogP contribution is 2.66. The molecular formula is C12H18NOPS3. The van der Waals surface area contributed by atoms with Crippen LogP contribution in [-0.4, -0.2) is 23.8 Å². The van der Waals surface area contributed by atoms with Crippen molar-refractivity contribution in [3.05, 3.63) is 35.9 Å². The number of rotatable bonds is 7. The van der Waals surface area contributed by atoms with Crippen LogP contribution in [0, 0.1) is 0 Å². The lowest BCUT2D eigenvalue weighted by atomic mass is 10.2. The molecule has 0 aliphatic heterocycles. The Balaban J connectivity index is 2.85. The molecule has 0 bridgehead atoms. The van der Waals surface area contributed by atoms with E-state index >= 15 is 0 Å². The minimum atomic E-state index is -2.11. The molecule has 18 heavy (non-hydrogen) atoms. The molecule has 0 heterocycles. The second kappa shape index (κ2) is 7.61. The van der Waals surface area contributed by atoms with Crippen LogP contribution < -0.4 is 0 Å². The summed E-state index contributed by atoms with van der Waals surface area (Å²) in [4.78, 5) is 0. The Kier molecular flexibility index (Phi) is 6.82. The highest BCUT2D eigenvalue weighted by Gasteiger charge is 2.26. The minimum absolute atomic E-state index is 0.293. The second-order valence-electron chi connectivity index (χ2n) is 3.72.